The second-order valence-corrected chi connectivity index (χ2v) is 7.78. The summed E-state index contributed by atoms with van der Waals surface area (Å²) < 4.78 is 0. The van der Waals surface area contributed by atoms with Gasteiger partial charge in [0.1, 0.15) is 0 Å². The number of carbonyl (C=O) groups is 2. The summed E-state index contributed by atoms with van der Waals surface area (Å²) in [5, 5.41) is 3.90. The molecule has 0 aliphatic carbocycles. The van der Waals surface area contributed by atoms with E-state index in [1.54, 1.807) is 6.07 Å². The van der Waals surface area contributed by atoms with Gasteiger partial charge in [-0.1, -0.05) is 47.5 Å². The number of carbonyl (C=O) groups excluding carboxylic acids is 2. The van der Waals surface area contributed by atoms with E-state index in [0.29, 0.717) is 29.4 Å². The fourth-order valence-corrected chi connectivity index (χ4v) is 3.95. The molecular formula is C21H23Cl2N3O2. The van der Waals surface area contributed by atoms with Crippen molar-refractivity contribution in [2.45, 2.75) is 38.3 Å². The van der Waals surface area contributed by atoms with Gasteiger partial charge in [0, 0.05) is 18.7 Å². The molecule has 0 spiro atoms. The molecule has 0 radical (unpaired) electrons. The van der Waals surface area contributed by atoms with Gasteiger partial charge in [-0.2, -0.15) is 0 Å². The Hall–Kier alpha value is -2.08. The SMILES string of the molecule is NC(=O)C1CCCN1Cc1cccc(NC(=O)CCc2cccc(Cl)c2Cl)c1. The van der Waals surface area contributed by atoms with Gasteiger partial charge >= 0.3 is 0 Å². The zero-order chi connectivity index (χ0) is 20.1. The van der Waals surface area contributed by atoms with Crippen molar-refractivity contribution in [3.8, 4) is 0 Å². The maximum Gasteiger partial charge on any atom is 0.234 e. The number of benzene rings is 2. The molecule has 3 rings (SSSR count). The monoisotopic (exact) mass is 419 g/mol. The van der Waals surface area contributed by atoms with Crippen LogP contribution in [-0.4, -0.2) is 29.3 Å². The Morgan fingerprint density at radius 2 is 1.96 bits per heavy atom. The molecule has 3 N–H and O–H groups in total. The first-order chi connectivity index (χ1) is 13.4. The fraction of sp³-hybridized carbons (Fsp3) is 0.333. The van der Waals surface area contributed by atoms with E-state index in [9.17, 15) is 9.59 Å². The second kappa shape index (κ2) is 9.41. The average molecular weight is 420 g/mol. The van der Waals surface area contributed by atoms with E-state index in [-0.39, 0.29) is 17.9 Å². The van der Waals surface area contributed by atoms with E-state index in [1.165, 1.54) is 0 Å². The van der Waals surface area contributed by atoms with Gasteiger partial charge in [-0.3, -0.25) is 14.5 Å². The topological polar surface area (TPSA) is 75.4 Å². The minimum atomic E-state index is -0.276. The molecule has 28 heavy (non-hydrogen) atoms. The molecular weight excluding hydrogens is 397 g/mol. The lowest BCUT2D eigenvalue weighted by molar-refractivity contribution is -0.122. The third kappa shape index (κ3) is 5.25. The minimum Gasteiger partial charge on any atom is -0.368 e. The number of anilines is 1. The summed E-state index contributed by atoms with van der Waals surface area (Å²) in [6.07, 6.45) is 2.59. The number of primary amides is 1. The average Bonchev–Trinajstić information content (AvgIpc) is 3.11. The Bertz CT molecular complexity index is 872. The number of nitrogens with two attached hydrogens (primary N) is 1. The van der Waals surface area contributed by atoms with Gasteiger partial charge in [0.25, 0.3) is 0 Å². The lowest BCUT2D eigenvalue weighted by atomic mass is 10.1. The number of nitrogens with zero attached hydrogens (tertiary/aromatic N) is 1. The molecule has 1 unspecified atom stereocenters. The third-order valence-corrected chi connectivity index (χ3v) is 5.80. The van der Waals surface area contributed by atoms with E-state index >= 15 is 0 Å². The van der Waals surface area contributed by atoms with Crippen LogP contribution in [0, 0.1) is 0 Å². The van der Waals surface area contributed by atoms with E-state index in [1.807, 2.05) is 36.4 Å². The third-order valence-electron chi connectivity index (χ3n) is 4.94. The smallest absolute Gasteiger partial charge is 0.234 e. The Kier molecular flexibility index (Phi) is 6.94. The summed E-state index contributed by atoms with van der Waals surface area (Å²) in [5.74, 6) is -0.369. The van der Waals surface area contributed by atoms with E-state index in [2.05, 4.69) is 10.2 Å². The predicted molar refractivity (Wildman–Crippen MR) is 112 cm³/mol. The molecule has 1 heterocycles. The van der Waals surface area contributed by atoms with Crippen molar-refractivity contribution < 1.29 is 9.59 Å². The van der Waals surface area contributed by atoms with Crippen LogP contribution in [0.2, 0.25) is 10.0 Å². The summed E-state index contributed by atoms with van der Waals surface area (Å²) >= 11 is 12.2. The second-order valence-electron chi connectivity index (χ2n) is 6.99. The van der Waals surface area contributed by atoms with Crippen molar-refractivity contribution in [3.63, 3.8) is 0 Å². The number of hydrogen-bond donors (Lipinski definition) is 2. The van der Waals surface area contributed by atoms with Crippen molar-refractivity contribution in [2.75, 3.05) is 11.9 Å². The van der Waals surface area contributed by atoms with Crippen LogP contribution in [-0.2, 0) is 22.6 Å². The van der Waals surface area contributed by atoms with Gasteiger partial charge in [0.2, 0.25) is 11.8 Å². The first-order valence-electron chi connectivity index (χ1n) is 9.29. The van der Waals surface area contributed by atoms with Crippen molar-refractivity contribution in [1.82, 2.24) is 4.90 Å². The highest BCUT2D eigenvalue weighted by Gasteiger charge is 2.28. The van der Waals surface area contributed by atoms with Crippen LogP contribution >= 0.6 is 23.2 Å². The van der Waals surface area contributed by atoms with Crippen molar-refractivity contribution in [3.05, 3.63) is 63.6 Å². The molecule has 0 bridgehead atoms. The summed E-state index contributed by atoms with van der Waals surface area (Å²) in [5.41, 5.74) is 8.10. The molecule has 2 aromatic carbocycles. The molecule has 0 saturated carbocycles. The zero-order valence-electron chi connectivity index (χ0n) is 15.5. The van der Waals surface area contributed by atoms with Crippen LogP contribution in [0.1, 0.15) is 30.4 Å². The number of hydrogen-bond acceptors (Lipinski definition) is 3. The fourth-order valence-electron chi connectivity index (χ4n) is 3.53. The Morgan fingerprint density at radius 1 is 1.18 bits per heavy atom. The molecule has 1 saturated heterocycles. The van der Waals surface area contributed by atoms with E-state index < -0.39 is 0 Å². The maximum absolute atomic E-state index is 12.3. The molecule has 1 fully saturated rings. The van der Waals surface area contributed by atoms with Gasteiger partial charge in [-0.15, -0.1) is 0 Å². The summed E-state index contributed by atoms with van der Waals surface area (Å²) in [4.78, 5) is 26.0. The summed E-state index contributed by atoms with van der Waals surface area (Å²) in [6.45, 7) is 1.49. The molecule has 1 aliphatic rings. The Balaban J connectivity index is 1.57. The molecule has 5 nitrogen and oxygen atoms in total. The maximum atomic E-state index is 12.3. The molecule has 7 heteroatoms. The van der Waals surface area contributed by atoms with Gasteiger partial charge in [-0.05, 0) is 55.1 Å². The summed E-state index contributed by atoms with van der Waals surface area (Å²) in [7, 11) is 0. The van der Waals surface area contributed by atoms with Gasteiger partial charge in [0.15, 0.2) is 0 Å². The molecule has 2 aromatic rings. The number of amides is 2. The first-order valence-corrected chi connectivity index (χ1v) is 10.0. The highest BCUT2D eigenvalue weighted by molar-refractivity contribution is 6.42. The standard InChI is InChI=1S/C21H23Cl2N3O2/c22-17-7-2-5-15(20(17)23)9-10-19(27)25-16-6-1-4-14(12-16)13-26-11-3-8-18(26)21(24)28/h1-2,4-7,12,18H,3,8-11,13H2,(H2,24,28)(H,25,27). The molecule has 2 amide bonds. The molecule has 0 aromatic heterocycles. The Labute approximate surface area is 174 Å². The van der Waals surface area contributed by atoms with Gasteiger partial charge in [-0.25, -0.2) is 0 Å². The van der Waals surface area contributed by atoms with Crippen LogP contribution in [0.3, 0.4) is 0 Å². The zero-order valence-corrected chi connectivity index (χ0v) is 17.0. The van der Waals surface area contributed by atoms with Crippen LogP contribution in [0.15, 0.2) is 42.5 Å². The number of likely N-dealkylation sites (tertiary alicyclic amines) is 1. The van der Waals surface area contributed by atoms with Crippen LogP contribution in [0.25, 0.3) is 0 Å². The number of rotatable bonds is 7. The molecule has 1 aliphatic heterocycles. The lowest BCUT2D eigenvalue weighted by Crippen LogP contribution is -2.39. The number of halogens is 2. The predicted octanol–water partition coefficient (Wildman–Crippen LogP) is 4.01. The van der Waals surface area contributed by atoms with Crippen LogP contribution < -0.4 is 11.1 Å². The van der Waals surface area contributed by atoms with Gasteiger partial charge < -0.3 is 11.1 Å². The first kappa shape index (κ1) is 20.6. The van der Waals surface area contributed by atoms with Crippen molar-refractivity contribution >= 4 is 40.7 Å². The highest BCUT2D eigenvalue weighted by Crippen LogP contribution is 2.26. The quantitative estimate of drug-likeness (QED) is 0.711. The minimum absolute atomic E-state index is 0.0932. The van der Waals surface area contributed by atoms with Crippen LogP contribution in [0.5, 0.6) is 0 Å². The normalized spacial score (nSPS) is 16.9. The lowest BCUT2D eigenvalue weighted by Gasteiger charge is -2.22. The van der Waals surface area contributed by atoms with E-state index in [0.717, 1.165) is 36.2 Å². The number of nitrogens with one attached hydrogen (secondary N) is 1. The van der Waals surface area contributed by atoms with Crippen LogP contribution in [0.4, 0.5) is 5.69 Å². The van der Waals surface area contributed by atoms with Gasteiger partial charge in [0.05, 0.1) is 16.1 Å². The molecule has 1 atom stereocenters. The largest absolute Gasteiger partial charge is 0.368 e. The van der Waals surface area contributed by atoms with E-state index in [4.69, 9.17) is 28.9 Å². The Morgan fingerprint density at radius 3 is 2.75 bits per heavy atom. The number of aryl methyl sites for hydroxylation is 1. The van der Waals surface area contributed by atoms with Crippen molar-refractivity contribution in [1.29, 1.82) is 0 Å². The molecule has 148 valence electrons. The highest BCUT2D eigenvalue weighted by atomic mass is 35.5. The van der Waals surface area contributed by atoms with Crippen molar-refractivity contribution in [2.24, 2.45) is 5.73 Å². The summed E-state index contributed by atoms with van der Waals surface area (Å²) in [6, 6.07) is 12.9.